The lowest BCUT2D eigenvalue weighted by Gasteiger charge is -2.31. The van der Waals surface area contributed by atoms with E-state index in [2.05, 4.69) is 56.9 Å². The van der Waals surface area contributed by atoms with Crippen molar-refractivity contribution in [2.75, 3.05) is 45.8 Å². The Morgan fingerprint density at radius 2 is 1.73 bits per heavy atom. The van der Waals surface area contributed by atoms with Crippen molar-refractivity contribution in [1.82, 2.24) is 45.7 Å². The second-order valence-electron chi connectivity index (χ2n) is 19.5. The molecule has 1 unspecified atom stereocenters. The first-order valence-electron chi connectivity index (χ1n) is 25.6. The Morgan fingerprint density at radius 3 is 2.39 bits per heavy atom. The van der Waals surface area contributed by atoms with Crippen LogP contribution in [-0.2, 0) is 63.7 Å². The highest BCUT2D eigenvalue weighted by molar-refractivity contribution is 7.90. The lowest BCUT2D eigenvalue weighted by Crippen LogP contribution is -2.56. The number of pyridine rings is 2. The van der Waals surface area contributed by atoms with Crippen LogP contribution in [0.1, 0.15) is 120 Å². The summed E-state index contributed by atoms with van der Waals surface area (Å²) in [6.45, 7) is 15.3. The van der Waals surface area contributed by atoms with Crippen LogP contribution >= 0.6 is 0 Å². The predicted molar refractivity (Wildman–Crippen MR) is 278 cm³/mol. The third-order valence-electron chi connectivity index (χ3n) is 13.8. The topological polar surface area (TPSA) is 253 Å². The normalized spacial score (nSPS) is 16.5. The first kappa shape index (κ1) is 57.3. The van der Waals surface area contributed by atoms with Crippen LogP contribution in [0.5, 0.6) is 0 Å². The molecule has 3 aromatic heterocycles. The molecule has 5 N–H and O–H groups in total. The van der Waals surface area contributed by atoms with E-state index < -0.39 is 56.7 Å². The van der Waals surface area contributed by atoms with Gasteiger partial charge in [0.2, 0.25) is 32.7 Å². The van der Waals surface area contributed by atoms with E-state index in [1.165, 1.54) is 23.0 Å². The van der Waals surface area contributed by atoms with E-state index in [0.29, 0.717) is 63.8 Å². The molecule has 3 amide bonds. The van der Waals surface area contributed by atoms with Gasteiger partial charge in [-0.3, -0.25) is 19.2 Å². The van der Waals surface area contributed by atoms with Crippen LogP contribution in [-0.4, -0.2) is 126 Å². The minimum atomic E-state index is -3.57. The van der Waals surface area contributed by atoms with Gasteiger partial charge in [-0.2, -0.15) is 0 Å². The molecule has 5 heterocycles. The van der Waals surface area contributed by atoms with E-state index in [-0.39, 0.29) is 73.6 Å². The zero-order valence-electron chi connectivity index (χ0n) is 43.8. The third kappa shape index (κ3) is 13.6. The minimum Gasteiger partial charge on any atom is -0.458 e. The average Bonchev–Trinajstić information content (AvgIpc) is 3.74. The number of aryl methyl sites for hydroxylation is 1. The molecule has 6 rings (SSSR count). The highest BCUT2D eigenvalue weighted by atomic mass is 32.2. The van der Waals surface area contributed by atoms with Crippen molar-refractivity contribution in [2.24, 2.45) is 5.92 Å². The molecule has 402 valence electrons. The minimum absolute atomic E-state index is 0.0153. The van der Waals surface area contributed by atoms with Gasteiger partial charge in [0.05, 0.1) is 48.2 Å². The van der Waals surface area contributed by atoms with Crippen molar-refractivity contribution in [3.63, 3.8) is 0 Å². The number of fused-ring (bicyclic) bond motifs is 5. The van der Waals surface area contributed by atoms with Crippen molar-refractivity contribution in [2.45, 2.75) is 142 Å². The summed E-state index contributed by atoms with van der Waals surface area (Å²) in [5.41, 5.74) is 1.48. The van der Waals surface area contributed by atoms with Crippen LogP contribution in [0.25, 0.3) is 28.4 Å². The fourth-order valence-corrected chi connectivity index (χ4v) is 9.89. The van der Waals surface area contributed by atoms with E-state index in [1.807, 2.05) is 13.8 Å². The molecule has 0 saturated carbocycles. The lowest BCUT2D eigenvalue weighted by atomic mass is 9.86. The van der Waals surface area contributed by atoms with E-state index in [9.17, 15) is 41.9 Å². The Balaban J connectivity index is 1.09. The second kappa shape index (κ2) is 25.5. The molecule has 4 aromatic rings. The van der Waals surface area contributed by atoms with Crippen LogP contribution in [0.2, 0.25) is 0 Å². The Kier molecular flexibility index (Phi) is 19.7. The zero-order valence-corrected chi connectivity index (χ0v) is 44.6. The molecular formula is C53H72FN9O10S. The fraction of sp³-hybridized carbons (Fsp3) is 0.547. The van der Waals surface area contributed by atoms with Gasteiger partial charge >= 0.3 is 5.97 Å². The maximum atomic E-state index is 15.0. The standard InChI is InChI=1S/C53H72FN9O10S/c1-9-13-17-35(23-34-26-56-52(57-27-34)74(8,70)71)59-46(32(5)6)49(66)61-42(19-14-15-20-62(11-3)12-4)48(65)55-28-45(64)58-31-72-21-16-18-36-37-22-33(7)41(54)25-43(37)60-47-38(36)29-63-44(47)24-40-39(50(63)67)30-73-51(68)53(40,69)10-2/h16,18,22,24-27,32,35,42,46,59,69H,9-15,17,19-21,23,28-31H2,1-8H3,(H,55,65)(H,58,64)(H,61,66)/b18-16+/t35?,42-,46-,53-/m0/s1. The molecule has 2 aliphatic heterocycles. The van der Waals surface area contributed by atoms with Crippen molar-refractivity contribution >= 4 is 50.5 Å². The van der Waals surface area contributed by atoms with Gasteiger partial charge in [0.15, 0.2) is 5.60 Å². The number of aliphatic hydroxyl groups is 1. The summed E-state index contributed by atoms with van der Waals surface area (Å²) in [4.78, 5) is 82.6. The van der Waals surface area contributed by atoms with Crippen molar-refractivity contribution < 1.29 is 46.6 Å². The van der Waals surface area contributed by atoms with Crippen LogP contribution in [0.4, 0.5) is 4.39 Å². The summed E-state index contributed by atoms with van der Waals surface area (Å²) in [5, 5.41) is 23.5. The molecule has 1 aromatic carbocycles. The number of hydrogen-bond acceptors (Lipinski definition) is 15. The maximum Gasteiger partial charge on any atom is 0.343 e. The molecule has 2 aliphatic rings. The number of carbonyl (C=O) groups excluding carboxylic acids is 4. The molecule has 0 aliphatic carbocycles. The second-order valence-corrected chi connectivity index (χ2v) is 21.4. The molecule has 0 radical (unpaired) electrons. The lowest BCUT2D eigenvalue weighted by molar-refractivity contribution is -0.172. The molecule has 21 heteroatoms. The van der Waals surface area contributed by atoms with E-state index in [0.717, 1.165) is 51.6 Å². The number of rotatable bonds is 27. The fourth-order valence-electron chi connectivity index (χ4n) is 9.41. The summed E-state index contributed by atoms with van der Waals surface area (Å²) < 4.78 is 51.3. The molecule has 0 fully saturated rings. The number of hydrogen-bond donors (Lipinski definition) is 5. The molecular weight excluding hydrogens is 974 g/mol. The summed E-state index contributed by atoms with van der Waals surface area (Å²) in [7, 11) is -3.57. The van der Waals surface area contributed by atoms with E-state index in [4.69, 9.17) is 14.5 Å². The average molecular weight is 1050 g/mol. The van der Waals surface area contributed by atoms with Crippen LogP contribution in [0, 0.1) is 18.7 Å². The number of unbranched alkanes of at least 4 members (excludes halogenated alkanes) is 2. The van der Waals surface area contributed by atoms with Gasteiger partial charge in [0.25, 0.3) is 5.56 Å². The van der Waals surface area contributed by atoms with Gasteiger partial charge in [0.1, 0.15) is 25.2 Å². The van der Waals surface area contributed by atoms with Crippen LogP contribution in [0.3, 0.4) is 0 Å². The number of ether oxygens (including phenoxy) is 2. The van der Waals surface area contributed by atoms with Gasteiger partial charge in [-0.15, -0.1) is 0 Å². The SMILES string of the molecule is CCCCC(Cc1cnc(S(C)(=O)=O)nc1)N[C@H](C(=O)N[C@@H](CCCCN(CC)CC)C(=O)NCC(=O)NCOC/C=C/c1c2c(nc3cc(F)c(C)cc13)-c1cc3c(c(=O)n1C2)COC(=O)[C@]3(O)CC)C(C)C. The molecule has 0 spiro atoms. The van der Waals surface area contributed by atoms with Crippen molar-refractivity contribution in [1.29, 1.82) is 0 Å². The quantitative estimate of drug-likeness (QED) is 0.0212. The smallest absolute Gasteiger partial charge is 0.343 e. The van der Waals surface area contributed by atoms with Crippen LogP contribution in [0.15, 0.2) is 46.6 Å². The predicted octanol–water partition coefficient (Wildman–Crippen LogP) is 4.35. The molecule has 4 atom stereocenters. The third-order valence-corrected chi connectivity index (χ3v) is 14.7. The number of amides is 3. The highest BCUT2D eigenvalue weighted by Crippen LogP contribution is 2.41. The van der Waals surface area contributed by atoms with Gasteiger partial charge in [-0.1, -0.05) is 66.5 Å². The first-order valence-corrected chi connectivity index (χ1v) is 27.5. The van der Waals surface area contributed by atoms with Gasteiger partial charge in [-0.05, 0) is 99.8 Å². The number of benzene rings is 1. The van der Waals surface area contributed by atoms with Gasteiger partial charge in [-0.25, -0.2) is 32.6 Å². The Morgan fingerprint density at radius 1 is 1.00 bits per heavy atom. The molecule has 19 nitrogen and oxygen atoms in total. The first-order chi connectivity index (χ1) is 35.2. The largest absolute Gasteiger partial charge is 0.458 e. The van der Waals surface area contributed by atoms with Crippen LogP contribution < -0.4 is 26.8 Å². The van der Waals surface area contributed by atoms with E-state index >= 15 is 0 Å². The highest BCUT2D eigenvalue weighted by Gasteiger charge is 2.45. The summed E-state index contributed by atoms with van der Waals surface area (Å²) >= 11 is 0. The number of aromatic nitrogens is 4. The molecule has 0 bridgehead atoms. The molecule has 74 heavy (non-hydrogen) atoms. The monoisotopic (exact) mass is 1050 g/mol. The number of sulfone groups is 1. The number of halogens is 1. The Labute approximate surface area is 432 Å². The number of cyclic esters (lactones) is 1. The van der Waals surface area contributed by atoms with Crippen molar-refractivity contribution in [3.05, 3.63) is 86.2 Å². The molecule has 0 saturated heterocycles. The van der Waals surface area contributed by atoms with Crippen molar-refractivity contribution in [3.8, 4) is 11.4 Å². The Hall–Kier alpha value is -6.00. The van der Waals surface area contributed by atoms with Gasteiger partial charge < -0.3 is 45.3 Å². The number of nitrogens with zero attached hydrogens (tertiary/aromatic N) is 5. The summed E-state index contributed by atoms with van der Waals surface area (Å²) in [6.07, 6.45) is 12.3. The van der Waals surface area contributed by atoms with Gasteiger partial charge in [0, 0.05) is 47.3 Å². The summed E-state index contributed by atoms with van der Waals surface area (Å²) in [5.74, 6) is -2.86. The number of nitrogens with one attached hydrogen (secondary N) is 4. The zero-order chi connectivity index (χ0) is 53.9. The van der Waals surface area contributed by atoms with E-state index in [1.54, 1.807) is 38.1 Å². The number of carbonyl (C=O) groups is 4. The Bertz CT molecular complexity index is 2890. The maximum absolute atomic E-state index is 15.0. The number of esters is 1. The summed E-state index contributed by atoms with van der Waals surface area (Å²) in [6, 6.07) is 2.82.